The molecule has 0 fully saturated rings. The number of carboxylic acids is 1. The summed E-state index contributed by atoms with van der Waals surface area (Å²) in [7, 11) is 1.33. The maximum absolute atomic E-state index is 13.2. The quantitative estimate of drug-likeness (QED) is 0.659. The van der Waals surface area contributed by atoms with E-state index < -0.39 is 36.2 Å². The van der Waals surface area contributed by atoms with Gasteiger partial charge in [0.2, 0.25) is 5.91 Å². The molecule has 2 amide bonds. The summed E-state index contributed by atoms with van der Waals surface area (Å²) in [5.74, 6) is -2.86. The average Bonchev–Trinajstić information content (AvgIpc) is 2.51. The lowest BCUT2D eigenvalue weighted by Crippen LogP contribution is -2.46. The average molecular weight is 340 g/mol. The van der Waals surface area contributed by atoms with Crippen molar-refractivity contribution in [2.75, 3.05) is 13.7 Å². The topological polar surface area (TPSA) is 105 Å². The van der Waals surface area contributed by atoms with Crippen molar-refractivity contribution in [3.8, 4) is 5.75 Å². The van der Waals surface area contributed by atoms with Crippen molar-refractivity contribution >= 4 is 17.8 Å². The Bertz CT molecular complexity index is 618. The molecule has 8 heteroatoms. The summed E-state index contributed by atoms with van der Waals surface area (Å²) >= 11 is 0. The number of carbonyl (C=O) groups excluding carboxylic acids is 2. The first kappa shape index (κ1) is 19.4. The number of hydrogen-bond acceptors (Lipinski definition) is 4. The number of aliphatic carboxylic acids is 1. The van der Waals surface area contributed by atoms with E-state index in [1.54, 1.807) is 0 Å². The maximum Gasteiger partial charge on any atom is 0.326 e. The number of nitrogens with one attached hydrogen (secondary N) is 2. The summed E-state index contributed by atoms with van der Waals surface area (Å²) in [5.41, 5.74) is -0.0535. The van der Waals surface area contributed by atoms with Gasteiger partial charge in [-0.15, -0.1) is 0 Å². The van der Waals surface area contributed by atoms with Crippen molar-refractivity contribution in [2.45, 2.75) is 26.3 Å². The highest BCUT2D eigenvalue weighted by atomic mass is 19.1. The Kier molecular flexibility index (Phi) is 7.16. The molecule has 0 saturated carbocycles. The van der Waals surface area contributed by atoms with E-state index in [2.05, 4.69) is 10.6 Å². The summed E-state index contributed by atoms with van der Waals surface area (Å²) in [6.45, 7) is 3.24. The van der Waals surface area contributed by atoms with E-state index in [0.717, 1.165) is 12.1 Å². The van der Waals surface area contributed by atoms with Crippen molar-refractivity contribution in [2.24, 2.45) is 5.92 Å². The molecule has 0 bridgehead atoms. The van der Waals surface area contributed by atoms with Crippen molar-refractivity contribution < 1.29 is 28.6 Å². The third-order valence-corrected chi connectivity index (χ3v) is 3.16. The predicted molar refractivity (Wildman–Crippen MR) is 84.3 cm³/mol. The second kappa shape index (κ2) is 8.85. The van der Waals surface area contributed by atoms with Gasteiger partial charge >= 0.3 is 5.97 Å². The van der Waals surface area contributed by atoms with Crippen LogP contribution in [-0.4, -0.2) is 42.6 Å². The minimum atomic E-state index is -1.14. The van der Waals surface area contributed by atoms with Gasteiger partial charge in [0.25, 0.3) is 5.91 Å². The molecule has 132 valence electrons. The zero-order valence-corrected chi connectivity index (χ0v) is 13.8. The van der Waals surface area contributed by atoms with Crippen LogP contribution in [0.3, 0.4) is 0 Å². The highest BCUT2D eigenvalue weighted by Gasteiger charge is 2.21. The lowest BCUT2D eigenvalue weighted by atomic mass is 10.0. The molecule has 1 rings (SSSR count). The van der Waals surface area contributed by atoms with E-state index in [0.29, 0.717) is 0 Å². The van der Waals surface area contributed by atoms with Crippen LogP contribution in [0, 0.1) is 11.7 Å². The fraction of sp³-hybridized carbons (Fsp3) is 0.438. The zero-order chi connectivity index (χ0) is 18.3. The van der Waals surface area contributed by atoms with Gasteiger partial charge < -0.3 is 20.5 Å². The fourth-order valence-electron chi connectivity index (χ4n) is 2.05. The minimum Gasteiger partial charge on any atom is -0.496 e. The molecular formula is C16H21FN2O5. The van der Waals surface area contributed by atoms with Gasteiger partial charge in [0.15, 0.2) is 0 Å². The number of benzene rings is 1. The molecule has 0 aliphatic heterocycles. The summed E-state index contributed by atoms with van der Waals surface area (Å²) in [6, 6.07) is 2.40. The second-order valence-corrected chi connectivity index (χ2v) is 5.62. The molecule has 0 radical (unpaired) electrons. The van der Waals surface area contributed by atoms with Gasteiger partial charge in [0, 0.05) is 0 Å². The van der Waals surface area contributed by atoms with E-state index in [1.165, 1.54) is 13.2 Å². The van der Waals surface area contributed by atoms with E-state index in [-0.39, 0.29) is 23.7 Å². The predicted octanol–water partition coefficient (Wildman–Crippen LogP) is 1.18. The Balaban J connectivity index is 2.65. The Morgan fingerprint density at radius 3 is 2.50 bits per heavy atom. The summed E-state index contributed by atoms with van der Waals surface area (Å²) in [4.78, 5) is 34.9. The molecule has 0 spiro atoms. The van der Waals surface area contributed by atoms with E-state index in [1.807, 2.05) is 13.8 Å². The third-order valence-electron chi connectivity index (χ3n) is 3.16. The molecule has 0 aliphatic carbocycles. The molecule has 0 saturated heterocycles. The zero-order valence-electron chi connectivity index (χ0n) is 13.8. The molecule has 0 unspecified atom stereocenters. The molecule has 0 aliphatic rings. The molecule has 0 aromatic heterocycles. The van der Waals surface area contributed by atoms with E-state index in [4.69, 9.17) is 9.84 Å². The number of halogens is 1. The number of carbonyl (C=O) groups is 3. The molecule has 24 heavy (non-hydrogen) atoms. The van der Waals surface area contributed by atoms with Gasteiger partial charge in [-0.25, -0.2) is 9.18 Å². The first-order valence-corrected chi connectivity index (χ1v) is 7.38. The summed E-state index contributed by atoms with van der Waals surface area (Å²) in [5, 5.41) is 13.7. The second-order valence-electron chi connectivity index (χ2n) is 5.62. The van der Waals surface area contributed by atoms with Crippen molar-refractivity contribution in [1.29, 1.82) is 0 Å². The summed E-state index contributed by atoms with van der Waals surface area (Å²) in [6.07, 6.45) is 0.271. The van der Waals surface area contributed by atoms with Gasteiger partial charge in [-0.05, 0) is 30.5 Å². The lowest BCUT2D eigenvalue weighted by Gasteiger charge is -2.16. The molecule has 0 heterocycles. The van der Waals surface area contributed by atoms with Crippen LogP contribution < -0.4 is 15.4 Å². The number of amides is 2. The van der Waals surface area contributed by atoms with Crippen molar-refractivity contribution in [3.05, 3.63) is 29.6 Å². The highest BCUT2D eigenvalue weighted by molar-refractivity contribution is 5.99. The van der Waals surface area contributed by atoms with Gasteiger partial charge in [-0.3, -0.25) is 9.59 Å². The molecule has 1 aromatic carbocycles. The van der Waals surface area contributed by atoms with Crippen molar-refractivity contribution in [3.63, 3.8) is 0 Å². The first-order chi connectivity index (χ1) is 11.2. The van der Waals surface area contributed by atoms with Crippen LogP contribution in [0.1, 0.15) is 30.6 Å². The van der Waals surface area contributed by atoms with Gasteiger partial charge in [-0.1, -0.05) is 13.8 Å². The minimum absolute atomic E-state index is 0.0535. The van der Waals surface area contributed by atoms with E-state index in [9.17, 15) is 18.8 Å². The van der Waals surface area contributed by atoms with Crippen LogP contribution in [-0.2, 0) is 9.59 Å². The van der Waals surface area contributed by atoms with Crippen LogP contribution >= 0.6 is 0 Å². The first-order valence-electron chi connectivity index (χ1n) is 7.38. The smallest absolute Gasteiger partial charge is 0.326 e. The Hall–Kier alpha value is -2.64. The third kappa shape index (κ3) is 5.86. The molecule has 3 N–H and O–H groups in total. The lowest BCUT2D eigenvalue weighted by molar-refractivity contribution is -0.142. The Morgan fingerprint density at radius 1 is 1.29 bits per heavy atom. The van der Waals surface area contributed by atoms with Crippen LogP contribution in [0.2, 0.25) is 0 Å². The van der Waals surface area contributed by atoms with Crippen LogP contribution in [0.4, 0.5) is 4.39 Å². The number of methoxy groups -OCH3 is 1. The van der Waals surface area contributed by atoms with Gasteiger partial charge in [0.1, 0.15) is 17.6 Å². The standard InChI is InChI=1S/C16H21FN2O5/c1-9(2)6-12(16(22)23)19-14(20)8-18-15(21)11-7-10(17)4-5-13(11)24-3/h4-5,7,9,12H,6,8H2,1-3H3,(H,18,21)(H,19,20)(H,22,23)/t12-/m0/s1. The highest BCUT2D eigenvalue weighted by Crippen LogP contribution is 2.18. The molecular weight excluding hydrogens is 319 g/mol. The molecule has 1 atom stereocenters. The van der Waals surface area contributed by atoms with Crippen LogP contribution in [0.25, 0.3) is 0 Å². The molecule has 1 aromatic rings. The number of ether oxygens (including phenoxy) is 1. The SMILES string of the molecule is COc1ccc(F)cc1C(=O)NCC(=O)N[C@@H](CC(C)C)C(=O)O. The number of carboxylic acid groups (broad SMARTS) is 1. The summed E-state index contributed by atoms with van der Waals surface area (Å²) < 4.78 is 18.2. The largest absolute Gasteiger partial charge is 0.496 e. The van der Waals surface area contributed by atoms with Gasteiger partial charge in [-0.2, -0.15) is 0 Å². The maximum atomic E-state index is 13.2. The van der Waals surface area contributed by atoms with Crippen LogP contribution in [0.5, 0.6) is 5.75 Å². The molecule has 7 nitrogen and oxygen atoms in total. The van der Waals surface area contributed by atoms with E-state index >= 15 is 0 Å². The number of hydrogen-bond donors (Lipinski definition) is 3. The van der Waals surface area contributed by atoms with Crippen LogP contribution in [0.15, 0.2) is 18.2 Å². The van der Waals surface area contributed by atoms with Crippen molar-refractivity contribution in [1.82, 2.24) is 10.6 Å². The number of rotatable bonds is 8. The Labute approximate surface area is 139 Å². The normalized spacial score (nSPS) is 11.7. The fourth-order valence-corrected chi connectivity index (χ4v) is 2.05. The monoisotopic (exact) mass is 340 g/mol. The Morgan fingerprint density at radius 2 is 1.96 bits per heavy atom. The van der Waals surface area contributed by atoms with Gasteiger partial charge in [0.05, 0.1) is 19.2 Å².